The summed E-state index contributed by atoms with van der Waals surface area (Å²) in [5, 5.41) is 27.2. The number of nitro benzene ring substituents is 2. The van der Waals surface area contributed by atoms with E-state index in [9.17, 15) is 29.8 Å². The fourth-order valence-electron chi connectivity index (χ4n) is 3.07. The molecule has 0 aliphatic rings. The molecule has 0 bridgehead atoms. The minimum Gasteiger partial charge on any atom is -0.495 e. The van der Waals surface area contributed by atoms with Gasteiger partial charge in [0.25, 0.3) is 23.2 Å². The zero-order chi connectivity index (χ0) is 24.8. The Kier molecular flexibility index (Phi) is 7.01. The summed E-state index contributed by atoms with van der Waals surface area (Å²) in [6.45, 7) is 0. The smallest absolute Gasteiger partial charge is 0.271 e. The molecule has 0 atom stereocenters. The van der Waals surface area contributed by atoms with Crippen LogP contribution in [-0.2, 0) is 0 Å². The molecule has 3 aromatic rings. The lowest BCUT2D eigenvalue weighted by molar-refractivity contribution is -0.385. The van der Waals surface area contributed by atoms with Gasteiger partial charge < -0.3 is 20.1 Å². The summed E-state index contributed by atoms with van der Waals surface area (Å²) >= 11 is 0. The number of anilines is 2. The molecule has 0 aromatic heterocycles. The molecule has 3 rings (SSSR count). The number of hydrogen-bond donors (Lipinski definition) is 2. The van der Waals surface area contributed by atoms with Crippen molar-refractivity contribution < 1.29 is 28.9 Å². The van der Waals surface area contributed by atoms with Crippen molar-refractivity contribution in [2.75, 3.05) is 24.9 Å². The van der Waals surface area contributed by atoms with Gasteiger partial charge in [-0.15, -0.1) is 0 Å². The van der Waals surface area contributed by atoms with Crippen LogP contribution in [0.25, 0.3) is 0 Å². The number of nitro groups is 2. The molecule has 2 N–H and O–H groups in total. The Morgan fingerprint density at radius 2 is 1.09 bits per heavy atom. The second-order valence-electron chi connectivity index (χ2n) is 6.74. The fraction of sp³-hybridized carbons (Fsp3) is 0.0909. The molecule has 174 valence electrons. The highest BCUT2D eigenvalue weighted by atomic mass is 16.6. The van der Waals surface area contributed by atoms with E-state index in [4.69, 9.17) is 9.47 Å². The van der Waals surface area contributed by atoms with Gasteiger partial charge in [-0.2, -0.15) is 0 Å². The third-order valence-corrected chi connectivity index (χ3v) is 4.70. The minimum absolute atomic E-state index is 0.0391. The molecule has 12 heteroatoms. The zero-order valence-corrected chi connectivity index (χ0v) is 17.9. The molecule has 0 saturated carbocycles. The van der Waals surface area contributed by atoms with E-state index in [0.29, 0.717) is 0 Å². The number of nitrogens with zero attached hydrogens (tertiary/aromatic N) is 2. The summed E-state index contributed by atoms with van der Waals surface area (Å²) in [5.74, 6) is -1.09. The molecular weight excluding hydrogens is 448 g/mol. The van der Waals surface area contributed by atoms with E-state index >= 15 is 0 Å². The lowest BCUT2D eigenvalue weighted by atomic mass is 10.1. The SMILES string of the molecule is COc1ccc([N+](=O)[O-])cc1NC(=O)c1ccccc1C(=O)Nc1cc([N+](=O)[O-])ccc1OC. The van der Waals surface area contributed by atoms with Gasteiger partial charge in [-0.1, -0.05) is 12.1 Å². The van der Waals surface area contributed by atoms with Crippen LogP contribution in [0, 0.1) is 20.2 Å². The summed E-state index contributed by atoms with van der Waals surface area (Å²) < 4.78 is 10.3. The minimum atomic E-state index is -0.726. The Hall–Kier alpha value is -5.00. The van der Waals surface area contributed by atoms with Gasteiger partial charge in [0.1, 0.15) is 11.5 Å². The van der Waals surface area contributed by atoms with E-state index in [0.717, 1.165) is 12.1 Å². The average molecular weight is 466 g/mol. The van der Waals surface area contributed by atoms with Gasteiger partial charge in [-0.3, -0.25) is 29.8 Å². The van der Waals surface area contributed by atoms with E-state index in [-0.39, 0.29) is 45.4 Å². The molecule has 12 nitrogen and oxygen atoms in total. The normalized spacial score (nSPS) is 10.2. The summed E-state index contributed by atoms with van der Waals surface area (Å²) in [6.07, 6.45) is 0. The third kappa shape index (κ3) is 5.07. The van der Waals surface area contributed by atoms with E-state index in [2.05, 4.69) is 10.6 Å². The van der Waals surface area contributed by atoms with E-state index in [1.807, 2.05) is 0 Å². The molecule has 0 saturated heterocycles. The molecule has 0 aliphatic heterocycles. The van der Waals surface area contributed by atoms with Gasteiger partial charge in [0.2, 0.25) is 0 Å². The van der Waals surface area contributed by atoms with Gasteiger partial charge >= 0.3 is 0 Å². The van der Waals surface area contributed by atoms with Crippen LogP contribution < -0.4 is 20.1 Å². The molecular formula is C22H18N4O8. The van der Waals surface area contributed by atoms with E-state index in [1.54, 1.807) is 0 Å². The summed E-state index contributed by atoms with van der Waals surface area (Å²) in [7, 11) is 2.68. The van der Waals surface area contributed by atoms with Gasteiger partial charge in [-0.05, 0) is 24.3 Å². The molecule has 0 unspecified atom stereocenters. The number of benzene rings is 3. The molecule has 0 spiro atoms. The van der Waals surface area contributed by atoms with Crippen molar-refractivity contribution in [3.05, 3.63) is 92.0 Å². The molecule has 0 fully saturated rings. The Morgan fingerprint density at radius 1 is 0.706 bits per heavy atom. The Balaban J connectivity index is 1.92. The monoisotopic (exact) mass is 466 g/mol. The van der Waals surface area contributed by atoms with Crippen LogP contribution in [0.4, 0.5) is 22.7 Å². The zero-order valence-electron chi connectivity index (χ0n) is 17.9. The Labute approximate surface area is 192 Å². The number of methoxy groups -OCH3 is 2. The number of carbonyl (C=O) groups excluding carboxylic acids is 2. The van der Waals surface area contributed by atoms with Gasteiger partial charge in [0, 0.05) is 24.3 Å². The second-order valence-corrected chi connectivity index (χ2v) is 6.74. The van der Waals surface area contributed by atoms with Crippen molar-refractivity contribution in [3.8, 4) is 11.5 Å². The number of non-ortho nitro benzene ring substituents is 2. The van der Waals surface area contributed by atoms with E-state index < -0.39 is 21.7 Å². The molecule has 0 radical (unpaired) electrons. The van der Waals surface area contributed by atoms with Crippen molar-refractivity contribution in [1.29, 1.82) is 0 Å². The van der Waals surface area contributed by atoms with Crippen LogP contribution in [-0.4, -0.2) is 35.9 Å². The van der Waals surface area contributed by atoms with Crippen LogP contribution in [0.1, 0.15) is 20.7 Å². The molecule has 0 heterocycles. The number of ether oxygens (including phenoxy) is 2. The number of hydrogen-bond acceptors (Lipinski definition) is 8. The predicted molar refractivity (Wildman–Crippen MR) is 122 cm³/mol. The maximum Gasteiger partial charge on any atom is 0.271 e. The third-order valence-electron chi connectivity index (χ3n) is 4.70. The van der Waals surface area contributed by atoms with Crippen molar-refractivity contribution >= 4 is 34.6 Å². The largest absolute Gasteiger partial charge is 0.495 e. The molecule has 3 aromatic carbocycles. The number of carbonyl (C=O) groups is 2. The first-order chi connectivity index (χ1) is 16.2. The lowest BCUT2D eigenvalue weighted by Gasteiger charge is -2.14. The second kappa shape index (κ2) is 10.1. The van der Waals surface area contributed by atoms with Crippen molar-refractivity contribution in [3.63, 3.8) is 0 Å². The summed E-state index contributed by atoms with van der Waals surface area (Å²) in [6, 6.07) is 13.2. The molecule has 34 heavy (non-hydrogen) atoms. The predicted octanol–water partition coefficient (Wildman–Crippen LogP) is 4.02. The number of amides is 2. The van der Waals surface area contributed by atoms with Crippen LogP contribution in [0.3, 0.4) is 0 Å². The highest BCUT2D eigenvalue weighted by Gasteiger charge is 2.21. The van der Waals surface area contributed by atoms with Crippen LogP contribution in [0.2, 0.25) is 0 Å². The highest BCUT2D eigenvalue weighted by Crippen LogP contribution is 2.31. The maximum absolute atomic E-state index is 13.0. The lowest BCUT2D eigenvalue weighted by Crippen LogP contribution is -2.20. The van der Waals surface area contributed by atoms with Gasteiger partial charge in [0.15, 0.2) is 0 Å². The van der Waals surface area contributed by atoms with E-state index in [1.165, 1.54) is 62.8 Å². The highest BCUT2D eigenvalue weighted by molar-refractivity contribution is 6.15. The standard InChI is InChI=1S/C22H18N4O8/c1-33-19-9-7-13(25(29)30)11-17(19)23-21(27)15-5-3-4-6-16(15)22(28)24-18-12-14(26(31)32)8-10-20(18)34-2/h3-12H,1-2H3,(H,23,27)(H,24,28). The first-order valence-electron chi connectivity index (χ1n) is 9.61. The summed E-state index contributed by atoms with van der Waals surface area (Å²) in [5.41, 5.74) is -0.537. The fourth-order valence-corrected chi connectivity index (χ4v) is 3.07. The van der Waals surface area contributed by atoms with Crippen LogP contribution in [0.15, 0.2) is 60.7 Å². The quantitative estimate of drug-likeness (QED) is 0.371. The van der Waals surface area contributed by atoms with Crippen molar-refractivity contribution in [2.45, 2.75) is 0 Å². The Morgan fingerprint density at radius 3 is 1.41 bits per heavy atom. The first kappa shape index (κ1) is 23.7. The Bertz CT molecular complexity index is 1190. The van der Waals surface area contributed by atoms with Crippen molar-refractivity contribution in [2.24, 2.45) is 0 Å². The van der Waals surface area contributed by atoms with Crippen molar-refractivity contribution in [1.82, 2.24) is 0 Å². The average Bonchev–Trinajstić information content (AvgIpc) is 2.83. The number of rotatable bonds is 8. The maximum atomic E-state index is 13.0. The van der Waals surface area contributed by atoms with Gasteiger partial charge in [-0.25, -0.2) is 0 Å². The first-order valence-corrected chi connectivity index (χ1v) is 9.61. The van der Waals surface area contributed by atoms with Gasteiger partial charge in [0.05, 0.1) is 46.6 Å². The summed E-state index contributed by atoms with van der Waals surface area (Å²) in [4.78, 5) is 46.9. The van der Waals surface area contributed by atoms with Crippen LogP contribution in [0.5, 0.6) is 11.5 Å². The molecule has 0 aliphatic carbocycles. The van der Waals surface area contributed by atoms with Crippen LogP contribution >= 0.6 is 0 Å². The molecule has 2 amide bonds. The topological polar surface area (TPSA) is 163 Å². The number of nitrogens with one attached hydrogen (secondary N) is 2.